The zero-order valence-corrected chi connectivity index (χ0v) is 20.5. The molecule has 0 heterocycles. The van der Waals surface area contributed by atoms with Gasteiger partial charge in [-0.1, -0.05) is 0 Å². The summed E-state index contributed by atoms with van der Waals surface area (Å²) in [5, 5.41) is 0. The van der Waals surface area contributed by atoms with E-state index in [-0.39, 0.29) is 0 Å². The summed E-state index contributed by atoms with van der Waals surface area (Å²) in [6, 6.07) is -4.40. The molecule has 0 saturated heterocycles. The third kappa shape index (κ3) is 7.03. The Kier molecular flexibility index (Phi) is 11.3. The van der Waals surface area contributed by atoms with Crippen LogP contribution in [0.25, 0.3) is 0 Å². The highest BCUT2D eigenvalue weighted by atomic mass is 36.0. The van der Waals surface area contributed by atoms with E-state index in [0.29, 0.717) is 0 Å². The van der Waals surface area contributed by atoms with Gasteiger partial charge in [-0.25, -0.2) is 13.2 Å². The van der Waals surface area contributed by atoms with Crippen LogP contribution in [-0.2, 0) is 8.26 Å². The van der Waals surface area contributed by atoms with E-state index in [2.05, 4.69) is 26.1 Å². The average Bonchev–Trinajstić information content (AvgIpc) is 2.81. The van der Waals surface area contributed by atoms with Gasteiger partial charge in [0.15, 0.2) is 0 Å². The van der Waals surface area contributed by atoms with Crippen LogP contribution >= 0.6 is 21.4 Å². The van der Waals surface area contributed by atoms with Crippen molar-refractivity contribution in [1.82, 2.24) is 0 Å². The molecule has 0 fully saturated rings. The van der Waals surface area contributed by atoms with Gasteiger partial charge >= 0.3 is 56.0 Å². The maximum atomic E-state index is 13.6. The number of ether oxygens (including phenoxy) is 1. The first-order chi connectivity index (χ1) is 18.5. The Bertz CT molecular complexity index is 1320. The Morgan fingerprint density at radius 3 is 1.07 bits per heavy atom. The molecule has 3 nitrogen and oxygen atoms in total. The monoisotopic (exact) mass is 748 g/mol. The Morgan fingerprint density at radius 2 is 0.767 bits per heavy atom. The first-order valence-electron chi connectivity index (χ1n) is 8.71. The molecule has 0 N–H and O–H groups in total. The first-order valence-corrected chi connectivity index (χ1v) is 11.8. The molecule has 252 valence electrons. The van der Waals surface area contributed by atoms with Crippen LogP contribution in [0.5, 0.6) is 5.75 Å². The zero-order valence-electron chi connectivity index (χ0n) is 18.2. The van der Waals surface area contributed by atoms with Gasteiger partial charge in [-0.2, -0.15) is 91.8 Å². The van der Waals surface area contributed by atoms with Crippen LogP contribution in [0.4, 0.5) is 96.6 Å². The maximum Gasteiger partial charge on any atom is 0.460 e. The van der Waals surface area contributed by atoms with Gasteiger partial charge in [0, 0.05) is 21.4 Å². The van der Waals surface area contributed by atoms with E-state index in [1.54, 1.807) is 0 Å². The second-order valence-electron chi connectivity index (χ2n) is 6.91. The minimum absolute atomic E-state index is 2.68. The van der Waals surface area contributed by atoms with Gasteiger partial charge in [0.2, 0.25) is 40.7 Å². The molecular weight excluding hydrogens is 749 g/mol. The Balaban J connectivity index is 0.00000324. The van der Waals surface area contributed by atoms with E-state index in [1.165, 1.54) is 0 Å². The minimum Gasteiger partial charge on any atom is -0.423 e. The summed E-state index contributed by atoms with van der Waals surface area (Å²) in [5.74, 6) is -75.9. The van der Waals surface area contributed by atoms with E-state index >= 15 is 0 Å². The number of alkyl halides is 15. The molecule has 0 aliphatic carbocycles. The lowest BCUT2D eigenvalue weighted by Gasteiger charge is -2.41. The average molecular weight is 749 g/mol. The van der Waals surface area contributed by atoms with Crippen molar-refractivity contribution in [1.29, 1.82) is 0 Å². The number of hydrogen-bond donors (Lipinski definition) is 0. The zero-order chi connectivity index (χ0) is 35.3. The predicted octanol–water partition coefficient (Wildman–Crippen LogP) is 8.95. The SMILES string of the molecule is FC(Oc1c(F)c(F)c(F)c(F)c1F)=C(F)C(F)(F)C(F)(F)C(F)(F)C(F)(F)C(F)(F)C(F)(F)C(F)(F)F.O=S(=O)(Cl)Cl. The molecule has 0 unspecified atom stereocenters. The largest absolute Gasteiger partial charge is 0.460 e. The Labute approximate surface area is 228 Å². The van der Waals surface area contributed by atoms with Gasteiger partial charge in [0.1, 0.15) is 0 Å². The standard InChI is InChI=1S/C15F22O.Cl2O2S/c16-1-2(17)4(19)6(5(20)3(1)18)38-8(22)7(21)9(23,24)10(25,26)11(27,28)12(29,30)13(31,32)14(33,34)15(35,36)37;1-5(2,3)4. The van der Waals surface area contributed by atoms with Crippen molar-refractivity contribution < 1.29 is 110 Å². The number of rotatable bonds is 8. The molecule has 43 heavy (non-hydrogen) atoms. The summed E-state index contributed by atoms with van der Waals surface area (Å²) in [6.45, 7) is 0. The van der Waals surface area contributed by atoms with Crippen molar-refractivity contribution in [2.45, 2.75) is 41.7 Å². The van der Waals surface area contributed by atoms with E-state index < -0.39 is 96.7 Å². The summed E-state index contributed by atoms with van der Waals surface area (Å²) >= 11 is 0. The smallest absolute Gasteiger partial charge is 0.423 e. The third-order valence-electron chi connectivity index (χ3n) is 4.14. The number of hydrogen-bond acceptors (Lipinski definition) is 3. The van der Waals surface area contributed by atoms with Crippen molar-refractivity contribution in [2.75, 3.05) is 0 Å². The van der Waals surface area contributed by atoms with E-state index in [9.17, 15) is 96.6 Å². The molecule has 0 saturated carbocycles. The van der Waals surface area contributed by atoms with E-state index in [0.717, 1.165) is 0 Å². The molecule has 0 aromatic heterocycles. The quantitative estimate of drug-likeness (QED) is 0.0877. The molecule has 0 aliphatic rings. The first kappa shape index (κ1) is 40.8. The Hall–Kier alpha value is -2.25. The van der Waals surface area contributed by atoms with Gasteiger partial charge in [0.05, 0.1) is 0 Å². The molecule has 1 rings (SSSR count). The lowest BCUT2D eigenvalue weighted by molar-refractivity contribution is -0.451. The molecule has 0 amide bonds. The second-order valence-corrected chi connectivity index (χ2v) is 10.6. The second kappa shape index (κ2) is 11.9. The van der Waals surface area contributed by atoms with Gasteiger partial charge in [-0.3, -0.25) is 0 Å². The fourth-order valence-corrected chi connectivity index (χ4v) is 2.04. The molecule has 0 atom stereocenters. The van der Waals surface area contributed by atoms with Crippen LogP contribution in [0, 0.1) is 29.1 Å². The molecular formula is C15Cl2F22O3S. The minimum atomic E-state index is -8.88. The van der Waals surface area contributed by atoms with Crippen molar-refractivity contribution >= 4 is 29.6 Å². The topological polar surface area (TPSA) is 43.4 Å². The lowest BCUT2D eigenvalue weighted by atomic mass is 9.91. The molecule has 0 radical (unpaired) electrons. The van der Waals surface area contributed by atoms with Crippen molar-refractivity contribution in [3.63, 3.8) is 0 Å². The van der Waals surface area contributed by atoms with Crippen molar-refractivity contribution in [2.24, 2.45) is 0 Å². The number of allylic oxidation sites excluding steroid dienone is 1. The molecule has 28 heteroatoms. The van der Waals surface area contributed by atoms with Crippen LogP contribution in [0.3, 0.4) is 0 Å². The van der Waals surface area contributed by atoms with Gasteiger partial charge in [0.25, 0.3) is 0 Å². The fourth-order valence-electron chi connectivity index (χ4n) is 2.04. The van der Waals surface area contributed by atoms with Crippen LogP contribution < -0.4 is 4.74 Å². The number of benzene rings is 1. The third-order valence-corrected chi connectivity index (χ3v) is 4.14. The Morgan fingerprint density at radius 1 is 0.512 bits per heavy atom. The fraction of sp³-hybridized carbons (Fsp3) is 0.467. The van der Waals surface area contributed by atoms with E-state index in [4.69, 9.17) is 8.42 Å². The molecule has 1 aromatic rings. The highest BCUT2D eigenvalue weighted by Gasteiger charge is 2.93. The summed E-state index contributed by atoms with van der Waals surface area (Å²) < 4.78 is 308. The lowest BCUT2D eigenvalue weighted by Crippen LogP contribution is -2.72. The highest BCUT2D eigenvalue weighted by Crippen LogP contribution is 2.63. The van der Waals surface area contributed by atoms with Crippen LogP contribution in [0.2, 0.25) is 0 Å². The maximum absolute atomic E-state index is 13.6. The normalized spacial score (nSPS) is 15.1. The molecule has 1 aromatic carbocycles. The number of halogens is 24. The van der Waals surface area contributed by atoms with Gasteiger partial charge < -0.3 is 4.74 Å². The summed E-state index contributed by atoms with van der Waals surface area (Å²) in [6.07, 6.45) is -7.94. The van der Waals surface area contributed by atoms with Crippen LogP contribution in [-0.4, -0.2) is 50.1 Å². The van der Waals surface area contributed by atoms with Gasteiger partial charge in [-0.15, -0.1) is 0 Å². The van der Waals surface area contributed by atoms with Crippen LogP contribution in [0.15, 0.2) is 11.8 Å². The molecule has 0 spiro atoms. The summed E-state index contributed by atoms with van der Waals surface area (Å²) in [4.78, 5) is 0. The van der Waals surface area contributed by atoms with Crippen LogP contribution in [0.1, 0.15) is 0 Å². The van der Waals surface area contributed by atoms with E-state index in [1.807, 2.05) is 0 Å². The van der Waals surface area contributed by atoms with Gasteiger partial charge in [-0.05, 0) is 0 Å². The predicted molar refractivity (Wildman–Crippen MR) is 92.5 cm³/mol. The molecule has 0 aliphatic heterocycles. The summed E-state index contributed by atoms with van der Waals surface area (Å²) in [5.41, 5.74) is 0. The highest BCUT2D eigenvalue weighted by molar-refractivity contribution is 8.31. The summed E-state index contributed by atoms with van der Waals surface area (Å²) in [7, 11) is 4.81. The van der Waals surface area contributed by atoms with Crippen molar-refractivity contribution in [3.05, 3.63) is 40.9 Å². The molecule has 0 bridgehead atoms. The van der Waals surface area contributed by atoms with Crippen molar-refractivity contribution in [3.8, 4) is 5.75 Å².